The number of hydrogen-bond acceptors (Lipinski definition) is 4. The van der Waals surface area contributed by atoms with Crippen molar-refractivity contribution in [2.75, 3.05) is 26.7 Å². The lowest BCUT2D eigenvalue weighted by Crippen LogP contribution is -2.48. The van der Waals surface area contributed by atoms with Crippen LogP contribution in [0.4, 0.5) is 43.9 Å². The van der Waals surface area contributed by atoms with Crippen LogP contribution < -0.4 is 0 Å². The number of unbranched alkanes of at least 4 members (excludes halogenated alkanes) is 1. The number of quaternary nitrogens is 1. The van der Waals surface area contributed by atoms with Crippen LogP contribution in [0.15, 0.2) is 0 Å². The first-order chi connectivity index (χ1) is 13.5. The van der Waals surface area contributed by atoms with Gasteiger partial charge < -0.3 is 8.61 Å². The van der Waals surface area contributed by atoms with Crippen LogP contribution in [0.5, 0.6) is 0 Å². The molecular weight excluding hydrogens is 502 g/mol. The van der Waals surface area contributed by atoms with Crippen LogP contribution in [0, 0.1) is 0 Å². The molecule has 31 heavy (non-hydrogen) atoms. The molecule has 188 valence electrons. The highest BCUT2D eigenvalue weighted by Gasteiger charge is 2.68. The van der Waals surface area contributed by atoms with Crippen molar-refractivity contribution >= 4 is 20.0 Å². The second kappa shape index (κ2) is 9.54. The first kappa shape index (κ1) is 30.1. The minimum absolute atomic E-state index is 0.422. The minimum atomic E-state index is -7.62. The van der Waals surface area contributed by atoms with Gasteiger partial charge in [-0.15, -0.1) is 0 Å². The van der Waals surface area contributed by atoms with Crippen LogP contribution in [0.25, 0.3) is 4.13 Å². The zero-order valence-electron chi connectivity index (χ0n) is 16.1. The average Bonchev–Trinajstić information content (AvgIpc) is 2.97. The minimum Gasteiger partial charge on any atom is -0.425 e. The summed E-state index contributed by atoms with van der Waals surface area (Å²) in [4.78, 5) is 0. The molecule has 0 aromatic rings. The van der Waals surface area contributed by atoms with Gasteiger partial charge in [0.15, 0.2) is 20.0 Å². The van der Waals surface area contributed by atoms with Crippen LogP contribution >= 0.6 is 0 Å². The quantitative estimate of drug-likeness (QED) is 0.368. The molecule has 1 rings (SSSR count). The van der Waals surface area contributed by atoms with Gasteiger partial charge in [0, 0.05) is 12.8 Å². The topological polar surface area (TPSA) is 82.4 Å². The van der Waals surface area contributed by atoms with Crippen molar-refractivity contribution in [1.82, 2.24) is 0 Å². The fourth-order valence-corrected chi connectivity index (χ4v) is 4.74. The standard InChI is InChI=1S/C9H20N.C4F10NO4S2/c1-3-4-7-10(2)8-5-6-9-10;5-1(6,7)3(11,12)20(16,17)15-21(18,19)4(13,14)2(8,9)10/h3-9H2,1-2H3;/q+1;-1. The lowest BCUT2D eigenvalue weighted by atomic mass is 10.3. The third kappa shape index (κ3) is 7.05. The SMILES string of the molecule is CCCC[N+]1(C)CCCC1.O=S(=O)([N-]S(=O)(=O)C(F)(F)C(F)(F)F)C(F)(F)C(F)(F)F. The molecule has 1 aliphatic rings. The smallest absolute Gasteiger partial charge is 0.425 e. The first-order valence-corrected chi connectivity index (χ1v) is 11.3. The highest BCUT2D eigenvalue weighted by molar-refractivity contribution is 8.13. The molecule has 0 spiro atoms. The molecule has 0 saturated carbocycles. The van der Waals surface area contributed by atoms with Crippen molar-refractivity contribution in [2.45, 2.75) is 55.5 Å². The fourth-order valence-electron chi connectivity index (χ4n) is 2.38. The Morgan fingerprint density at radius 3 is 1.32 bits per heavy atom. The lowest BCUT2D eigenvalue weighted by Gasteiger charge is -2.31. The number of alkyl halides is 10. The second-order valence-electron chi connectivity index (χ2n) is 6.90. The maximum Gasteiger partial charge on any atom is 0.467 e. The van der Waals surface area contributed by atoms with Gasteiger partial charge in [0.05, 0.1) is 26.7 Å². The van der Waals surface area contributed by atoms with Gasteiger partial charge in [0.1, 0.15) is 0 Å². The third-order valence-corrected chi connectivity index (χ3v) is 7.53. The van der Waals surface area contributed by atoms with Crippen molar-refractivity contribution in [3.63, 3.8) is 0 Å². The predicted octanol–water partition coefficient (Wildman–Crippen LogP) is 4.36. The number of hydrogen-bond donors (Lipinski definition) is 0. The summed E-state index contributed by atoms with van der Waals surface area (Å²) in [6.45, 7) is 6.55. The number of halogens is 10. The third-order valence-electron chi connectivity index (χ3n) is 4.20. The van der Waals surface area contributed by atoms with Gasteiger partial charge in [0.2, 0.25) is 0 Å². The van der Waals surface area contributed by atoms with E-state index >= 15 is 0 Å². The van der Waals surface area contributed by atoms with E-state index in [1.807, 2.05) is 0 Å². The Morgan fingerprint density at radius 1 is 0.742 bits per heavy atom. The average molecular weight is 522 g/mol. The Kier molecular flexibility index (Phi) is 9.27. The van der Waals surface area contributed by atoms with Crippen molar-refractivity contribution in [3.8, 4) is 0 Å². The second-order valence-corrected chi connectivity index (χ2v) is 10.4. The highest BCUT2D eigenvalue weighted by Crippen LogP contribution is 2.47. The zero-order chi connectivity index (χ0) is 25.2. The summed E-state index contributed by atoms with van der Waals surface area (Å²) in [5.41, 5.74) is 0. The van der Waals surface area contributed by atoms with Crippen molar-refractivity contribution in [1.29, 1.82) is 0 Å². The maximum atomic E-state index is 12.3. The summed E-state index contributed by atoms with van der Waals surface area (Å²) >= 11 is 0. The Hall–Kier alpha value is -0.880. The Balaban J connectivity index is 0.000000743. The molecule has 0 radical (unpaired) electrons. The molecule has 0 unspecified atom stereocenters. The predicted molar refractivity (Wildman–Crippen MR) is 88.1 cm³/mol. The molecule has 6 nitrogen and oxygen atoms in total. The molecule has 0 atom stereocenters. The summed E-state index contributed by atoms with van der Waals surface area (Å²) in [5, 5.41) is -14.0. The molecule has 1 aliphatic heterocycles. The summed E-state index contributed by atoms with van der Waals surface area (Å²) in [7, 11) is -12.8. The van der Waals surface area contributed by atoms with E-state index < -0.39 is 42.9 Å². The molecule has 1 fully saturated rings. The van der Waals surface area contributed by atoms with Gasteiger partial charge >= 0.3 is 22.9 Å². The van der Waals surface area contributed by atoms with E-state index in [1.165, 1.54) is 49.8 Å². The number of rotatable bonds is 7. The molecular formula is C13H20F10N2O4S2. The summed E-state index contributed by atoms with van der Waals surface area (Å²) < 4.78 is 162. The number of sulfonamides is 2. The van der Waals surface area contributed by atoms with E-state index in [9.17, 15) is 60.7 Å². The molecule has 0 bridgehead atoms. The van der Waals surface area contributed by atoms with Gasteiger partial charge in [-0.05, 0) is 6.42 Å². The van der Waals surface area contributed by atoms with Gasteiger partial charge in [-0.25, -0.2) is 16.8 Å². The van der Waals surface area contributed by atoms with Crippen molar-refractivity contribution in [3.05, 3.63) is 4.13 Å². The molecule has 0 N–H and O–H groups in total. The monoisotopic (exact) mass is 522 g/mol. The van der Waals surface area contributed by atoms with Crippen LogP contribution in [0.2, 0.25) is 0 Å². The normalized spacial score (nSPS) is 18.5. The molecule has 1 heterocycles. The van der Waals surface area contributed by atoms with Crippen molar-refractivity contribution < 1.29 is 65.2 Å². The molecule has 0 aromatic heterocycles. The zero-order valence-corrected chi connectivity index (χ0v) is 17.7. The van der Waals surface area contributed by atoms with E-state index in [4.69, 9.17) is 0 Å². The largest absolute Gasteiger partial charge is 0.467 e. The van der Waals surface area contributed by atoms with Crippen LogP contribution in [-0.4, -0.2) is 70.9 Å². The van der Waals surface area contributed by atoms with Gasteiger partial charge in [-0.1, -0.05) is 13.3 Å². The molecule has 18 heteroatoms. The van der Waals surface area contributed by atoms with Gasteiger partial charge in [-0.3, -0.25) is 0 Å². The number of nitrogens with zero attached hydrogens (tertiary/aromatic N) is 2. The summed E-state index contributed by atoms with van der Waals surface area (Å²) in [6, 6.07) is 0. The van der Waals surface area contributed by atoms with Crippen LogP contribution in [0.3, 0.4) is 0 Å². The molecule has 0 aromatic carbocycles. The number of likely N-dealkylation sites (tertiary alicyclic amines) is 1. The van der Waals surface area contributed by atoms with Gasteiger partial charge in [-0.2, -0.15) is 43.9 Å². The van der Waals surface area contributed by atoms with Gasteiger partial charge in [0.25, 0.3) is 0 Å². The van der Waals surface area contributed by atoms with E-state index in [1.54, 1.807) is 0 Å². The van der Waals surface area contributed by atoms with Crippen molar-refractivity contribution in [2.24, 2.45) is 0 Å². The molecule has 0 amide bonds. The van der Waals surface area contributed by atoms with E-state index in [0.717, 1.165) is 0 Å². The first-order valence-electron chi connectivity index (χ1n) is 8.43. The van der Waals surface area contributed by atoms with E-state index in [-0.39, 0.29) is 0 Å². The summed E-state index contributed by atoms with van der Waals surface area (Å²) in [5.74, 6) is 0. The summed E-state index contributed by atoms with van der Waals surface area (Å²) in [6.07, 6.45) is -8.32. The maximum absolute atomic E-state index is 12.3. The Bertz CT molecular complexity index is 747. The van der Waals surface area contributed by atoms with Crippen LogP contribution in [-0.2, 0) is 20.0 Å². The van der Waals surface area contributed by atoms with E-state index in [0.29, 0.717) is 4.13 Å². The molecule has 0 aliphatic carbocycles. The Labute approximate surface area is 172 Å². The highest BCUT2D eigenvalue weighted by atomic mass is 32.3. The lowest BCUT2D eigenvalue weighted by molar-refractivity contribution is -0.897. The van der Waals surface area contributed by atoms with Crippen LogP contribution in [0.1, 0.15) is 32.6 Å². The Morgan fingerprint density at radius 2 is 1.06 bits per heavy atom. The van der Waals surface area contributed by atoms with E-state index in [2.05, 4.69) is 14.0 Å². The molecule has 1 saturated heterocycles. The fraction of sp³-hybridized carbons (Fsp3) is 1.00.